The van der Waals surface area contributed by atoms with Crippen molar-refractivity contribution in [2.24, 2.45) is 0 Å². The van der Waals surface area contributed by atoms with E-state index in [1.165, 1.54) is 4.31 Å². The van der Waals surface area contributed by atoms with E-state index < -0.39 is 10.0 Å². The highest BCUT2D eigenvalue weighted by Gasteiger charge is 2.35. The minimum absolute atomic E-state index is 0.267. The second kappa shape index (κ2) is 6.55. The molecule has 0 spiro atoms. The number of thiophene rings is 1. The summed E-state index contributed by atoms with van der Waals surface area (Å²) in [5.74, 6) is 1.26. The van der Waals surface area contributed by atoms with Gasteiger partial charge in [-0.05, 0) is 48.7 Å². The van der Waals surface area contributed by atoms with E-state index >= 15 is 0 Å². The average Bonchev–Trinajstić information content (AvgIpc) is 3.01. The van der Waals surface area contributed by atoms with Crippen LogP contribution in [0.15, 0.2) is 28.5 Å². The van der Waals surface area contributed by atoms with Gasteiger partial charge in [-0.2, -0.15) is 4.31 Å². The number of nitrogens with zero attached hydrogens (tertiary/aromatic N) is 1. The lowest BCUT2D eigenvalue weighted by Crippen LogP contribution is -2.38. The molecule has 0 saturated carbocycles. The van der Waals surface area contributed by atoms with Crippen LogP contribution < -0.4 is 9.47 Å². The maximum Gasteiger partial charge on any atom is 0.253 e. The maximum absolute atomic E-state index is 12.9. The molecule has 130 valence electrons. The standard InChI is InChI=1S/C16H18ClNO4S2/c1-10-12-9-14(22-3)13(21-2)8-11(12)6-7-18(10)24(19,20)16-5-4-15(17)23-16/h4-5,8-10H,6-7H2,1-3H3. The van der Waals surface area contributed by atoms with Crippen molar-refractivity contribution < 1.29 is 17.9 Å². The molecule has 5 nitrogen and oxygen atoms in total. The van der Waals surface area contributed by atoms with E-state index in [-0.39, 0.29) is 10.3 Å². The van der Waals surface area contributed by atoms with E-state index in [0.717, 1.165) is 22.5 Å². The summed E-state index contributed by atoms with van der Waals surface area (Å²) in [5.41, 5.74) is 2.01. The quantitative estimate of drug-likeness (QED) is 0.802. The van der Waals surface area contributed by atoms with E-state index in [4.69, 9.17) is 21.1 Å². The number of ether oxygens (including phenoxy) is 2. The van der Waals surface area contributed by atoms with Crippen LogP contribution in [0.1, 0.15) is 24.1 Å². The highest BCUT2D eigenvalue weighted by atomic mass is 35.5. The van der Waals surface area contributed by atoms with Crippen molar-refractivity contribution in [3.8, 4) is 11.5 Å². The average molecular weight is 388 g/mol. The van der Waals surface area contributed by atoms with E-state index in [9.17, 15) is 8.42 Å². The number of hydrogen-bond acceptors (Lipinski definition) is 5. The van der Waals surface area contributed by atoms with Crippen LogP contribution in [0.2, 0.25) is 4.34 Å². The second-order valence-electron chi connectivity index (χ2n) is 5.51. The van der Waals surface area contributed by atoms with Crippen molar-refractivity contribution in [1.82, 2.24) is 4.31 Å². The summed E-state index contributed by atoms with van der Waals surface area (Å²) in [6.07, 6.45) is 0.623. The molecule has 0 saturated heterocycles. The number of hydrogen-bond donors (Lipinski definition) is 0. The Morgan fingerprint density at radius 3 is 2.46 bits per heavy atom. The lowest BCUT2D eigenvalue weighted by molar-refractivity contribution is 0.319. The molecule has 3 rings (SSSR count). The highest BCUT2D eigenvalue weighted by Crippen LogP contribution is 2.40. The minimum atomic E-state index is -3.57. The SMILES string of the molecule is COc1cc2c(cc1OC)C(C)N(S(=O)(=O)c1ccc(Cl)s1)CC2. The molecule has 1 aliphatic heterocycles. The monoisotopic (exact) mass is 387 g/mol. The molecule has 0 radical (unpaired) electrons. The molecule has 0 N–H and O–H groups in total. The van der Waals surface area contributed by atoms with Crippen LogP contribution in [0.4, 0.5) is 0 Å². The number of methoxy groups -OCH3 is 2. The van der Waals surface area contributed by atoms with Crippen molar-refractivity contribution in [2.75, 3.05) is 20.8 Å². The predicted octanol–water partition coefficient (Wildman–Crippen LogP) is 3.73. The summed E-state index contributed by atoms with van der Waals surface area (Å²) in [6, 6.07) is 6.66. The van der Waals surface area contributed by atoms with Gasteiger partial charge in [-0.25, -0.2) is 8.42 Å². The Kier molecular flexibility index (Phi) is 4.79. The lowest BCUT2D eigenvalue weighted by atomic mass is 9.94. The van der Waals surface area contributed by atoms with Crippen molar-refractivity contribution in [3.05, 3.63) is 39.7 Å². The van der Waals surface area contributed by atoms with Crippen LogP contribution in [-0.4, -0.2) is 33.5 Å². The highest BCUT2D eigenvalue weighted by molar-refractivity contribution is 7.91. The molecule has 2 aromatic rings. The third-order valence-electron chi connectivity index (χ3n) is 4.24. The molecule has 0 bridgehead atoms. The topological polar surface area (TPSA) is 55.8 Å². The molecule has 0 aliphatic carbocycles. The van der Waals surface area contributed by atoms with Crippen LogP contribution in [0, 0.1) is 0 Å². The molecule has 2 heterocycles. The molecule has 1 aromatic carbocycles. The lowest BCUT2D eigenvalue weighted by Gasteiger charge is -2.34. The second-order valence-corrected chi connectivity index (χ2v) is 9.34. The zero-order valence-electron chi connectivity index (χ0n) is 13.6. The van der Waals surface area contributed by atoms with Crippen molar-refractivity contribution in [2.45, 2.75) is 23.6 Å². The van der Waals surface area contributed by atoms with E-state index in [1.54, 1.807) is 26.4 Å². The fraction of sp³-hybridized carbons (Fsp3) is 0.375. The first kappa shape index (κ1) is 17.5. The zero-order valence-corrected chi connectivity index (χ0v) is 16.0. The summed E-state index contributed by atoms with van der Waals surface area (Å²) in [5, 5.41) is 0. The fourth-order valence-corrected chi connectivity index (χ4v) is 6.23. The third-order valence-corrected chi connectivity index (χ3v) is 7.91. The largest absolute Gasteiger partial charge is 0.493 e. The van der Waals surface area contributed by atoms with Gasteiger partial charge in [0.1, 0.15) is 4.21 Å². The molecule has 1 aromatic heterocycles. The van der Waals surface area contributed by atoms with Gasteiger partial charge >= 0.3 is 0 Å². The Bertz CT molecular complexity index is 863. The molecule has 1 unspecified atom stereocenters. The summed E-state index contributed by atoms with van der Waals surface area (Å²) < 4.78 is 38.8. The van der Waals surface area contributed by atoms with Crippen molar-refractivity contribution in [1.29, 1.82) is 0 Å². The minimum Gasteiger partial charge on any atom is -0.493 e. The summed E-state index contributed by atoms with van der Waals surface area (Å²) in [7, 11) is -0.413. The van der Waals surface area contributed by atoms with Gasteiger partial charge < -0.3 is 9.47 Å². The van der Waals surface area contributed by atoms with Gasteiger partial charge in [-0.15, -0.1) is 11.3 Å². The molecule has 24 heavy (non-hydrogen) atoms. The van der Waals surface area contributed by atoms with Crippen LogP contribution in [0.3, 0.4) is 0 Å². The van der Waals surface area contributed by atoms with Gasteiger partial charge in [0.05, 0.1) is 18.6 Å². The molecular formula is C16H18ClNO4S2. The van der Waals surface area contributed by atoms with E-state index in [1.807, 2.05) is 19.1 Å². The Morgan fingerprint density at radius 2 is 1.88 bits per heavy atom. The van der Waals surface area contributed by atoms with Crippen LogP contribution in [-0.2, 0) is 16.4 Å². The zero-order chi connectivity index (χ0) is 17.5. The Balaban J connectivity index is 2.02. The number of halogens is 1. The van der Waals surface area contributed by atoms with Crippen molar-refractivity contribution >= 4 is 33.0 Å². The van der Waals surface area contributed by atoms with E-state index in [0.29, 0.717) is 28.8 Å². The Labute approximate surface area is 150 Å². The predicted molar refractivity (Wildman–Crippen MR) is 94.9 cm³/mol. The summed E-state index contributed by atoms with van der Waals surface area (Å²) >= 11 is 6.98. The normalized spacial score (nSPS) is 18.2. The van der Waals surface area contributed by atoms with Crippen LogP contribution >= 0.6 is 22.9 Å². The van der Waals surface area contributed by atoms with Gasteiger partial charge in [0.2, 0.25) is 0 Å². The van der Waals surface area contributed by atoms with Gasteiger partial charge in [0.25, 0.3) is 10.0 Å². The third kappa shape index (κ3) is 2.90. The summed E-state index contributed by atoms with van der Waals surface area (Å²) in [6.45, 7) is 2.30. The fourth-order valence-electron chi connectivity index (χ4n) is 3.00. The molecule has 1 atom stereocenters. The first-order valence-corrected chi connectivity index (χ1v) is 10.0. The molecule has 0 amide bonds. The Hall–Kier alpha value is -1.28. The number of sulfonamides is 1. The van der Waals surface area contributed by atoms with Gasteiger partial charge in [0.15, 0.2) is 11.5 Å². The molecule has 1 aliphatic rings. The molecule has 8 heteroatoms. The summed E-state index contributed by atoms with van der Waals surface area (Å²) in [4.78, 5) is 0. The smallest absolute Gasteiger partial charge is 0.253 e. The maximum atomic E-state index is 12.9. The van der Waals surface area contributed by atoms with Gasteiger partial charge in [-0.1, -0.05) is 11.6 Å². The van der Waals surface area contributed by atoms with Crippen LogP contribution in [0.25, 0.3) is 0 Å². The number of benzene rings is 1. The van der Waals surface area contributed by atoms with Gasteiger partial charge in [0, 0.05) is 12.6 Å². The first-order valence-electron chi connectivity index (χ1n) is 7.40. The van der Waals surface area contributed by atoms with Gasteiger partial charge in [-0.3, -0.25) is 0 Å². The molecular weight excluding hydrogens is 370 g/mol. The van der Waals surface area contributed by atoms with E-state index in [2.05, 4.69) is 0 Å². The van der Waals surface area contributed by atoms with Crippen molar-refractivity contribution in [3.63, 3.8) is 0 Å². The molecule has 0 fully saturated rings. The first-order chi connectivity index (χ1) is 11.4. The number of fused-ring (bicyclic) bond motifs is 1. The number of rotatable bonds is 4. The van der Waals surface area contributed by atoms with Crippen LogP contribution in [0.5, 0.6) is 11.5 Å². The Morgan fingerprint density at radius 1 is 1.21 bits per heavy atom.